The minimum Gasteiger partial charge on any atom is -0.376 e. The fourth-order valence-electron chi connectivity index (χ4n) is 3.10. The van der Waals surface area contributed by atoms with Crippen LogP contribution in [-0.2, 0) is 9.53 Å². The van der Waals surface area contributed by atoms with Crippen molar-refractivity contribution in [1.82, 2.24) is 10.6 Å². The Bertz CT molecular complexity index is 259. The highest BCUT2D eigenvalue weighted by molar-refractivity contribution is 5.75. The number of rotatable bonds is 7. The smallest absolute Gasteiger partial charge is 0.220 e. The zero-order valence-corrected chi connectivity index (χ0v) is 12.0. The summed E-state index contributed by atoms with van der Waals surface area (Å²) < 4.78 is 5.76. The average molecular weight is 268 g/mol. The third kappa shape index (κ3) is 5.91. The fraction of sp³-hybridized carbons (Fsp3) is 0.933. The monoisotopic (exact) mass is 268 g/mol. The van der Waals surface area contributed by atoms with Gasteiger partial charge < -0.3 is 15.4 Å². The summed E-state index contributed by atoms with van der Waals surface area (Å²) in [6.07, 6.45) is 9.70. The van der Waals surface area contributed by atoms with Gasteiger partial charge in [0.05, 0.1) is 12.7 Å². The van der Waals surface area contributed by atoms with E-state index in [-0.39, 0.29) is 5.91 Å². The van der Waals surface area contributed by atoms with Crippen LogP contribution in [0.5, 0.6) is 0 Å². The molecule has 1 saturated heterocycles. The molecule has 0 aromatic carbocycles. The molecule has 1 aliphatic carbocycles. The molecule has 2 aliphatic rings. The second-order valence-electron chi connectivity index (χ2n) is 5.86. The van der Waals surface area contributed by atoms with Gasteiger partial charge in [-0.2, -0.15) is 0 Å². The molecule has 1 heterocycles. The lowest BCUT2D eigenvalue weighted by Crippen LogP contribution is -2.34. The quantitative estimate of drug-likeness (QED) is 0.693. The van der Waals surface area contributed by atoms with E-state index in [1.54, 1.807) is 0 Å². The molecule has 0 spiro atoms. The normalized spacial score (nSPS) is 21.7. The predicted octanol–water partition coefficient (Wildman–Crippen LogP) is 1.84. The summed E-state index contributed by atoms with van der Waals surface area (Å²) in [4.78, 5) is 11.7. The van der Waals surface area contributed by atoms with Gasteiger partial charge in [0, 0.05) is 13.0 Å². The number of hydrogen-bond acceptors (Lipinski definition) is 3. The highest BCUT2D eigenvalue weighted by atomic mass is 16.5. The fourth-order valence-corrected chi connectivity index (χ4v) is 3.10. The van der Waals surface area contributed by atoms with Crippen molar-refractivity contribution in [3.05, 3.63) is 0 Å². The van der Waals surface area contributed by atoms with Crippen LogP contribution in [-0.4, -0.2) is 38.3 Å². The molecule has 0 atom stereocenters. The summed E-state index contributed by atoms with van der Waals surface area (Å²) in [7, 11) is 0. The van der Waals surface area contributed by atoms with Gasteiger partial charge in [-0.1, -0.05) is 25.7 Å². The van der Waals surface area contributed by atoms with Crippen LogP contribution in [0.1, 0.15) is 51.4 Å². The largest absolute Gasteiger partial charge is 0.376 e. The van der Waals surface area contributed by atoms with E-state index >= 15 is 0 Å². The number of nitrogens with one attached hydrogen (secondary N) is 2. The topological polar surface area (TPSA) is 50.4 Å². The summed E-state index contributed by atoms with van der Waals surface area (Å²) in [5.41, 5.74) is 0. The molecule has 2 rings (SSSR count). The molecular formula is C15H28N2O2. The van der Waals surface area contributed by atoms with E-state index in [1.807, 2.05) is 0 Å². The molecule has 19 heavy (non-hydrogen) atoms. The van der Waals surface area contributed by atoms with Gasteiger partial charge in [-0.05, 0) is 38.3 Å². The SMILES string of the molecule is O=C(CCC1CCCC1)NCCOC1CCNCC1. The van der Waals surface area contributed by atoms with Crippen molar-refractivity contribution in [2.45, 2.75) is 57.5 Å². The van der Waals surface area contributed by atoms with Gasteiger partial charge in [-0.3, -0.25) is 4.79 Å². The van der Waals surface area contributed by atoms with Gasteiger partial charge in [0.25, 0.3) is 0 Å². The van der Waals surface area contributed by atoms with Gasteiger partial charge >= 0.3 is 0 Å². The van der Waals surface area contributed by atoms with Crippen molar-refractivity contribution >= 4 is 5.91 Å². The molecule has 4 heteroatoms. The van der Waals surface area contributed by atoms with Gasteiger partial charge in [-0.25, -0.2) is 0 Å². The Labute approximate surface area is 116 Å². The molecule has 110 valence electrons. The number of ether oxygens (including phenoxy) is 1. The van der Waals surface area contributed by atoms with E-state index < -0.39 is 0 Å². The number of carbonyl (C=O) groups is 1. The van der Waals surface area contributed by atoms with Gasteiger partial charge in [-0.15, -0.1) is 0 Å². The van der Waals surface area contributed by atoms with E-state index in [0.29, 0.717) is 25.7 Å². The van der Waals surface area contributed by atoms with Crippen molar-refractivity contribution in [3.8, 4) is 0 Å². The number of hydrogen-bond donors (Lipinski definition) is 2. The van der Waals surface area contributed by atoms with Crippen molar-refractivity contribution in [2.24, 2.45) is 5.92 Å². The van der Waals surface area contributed by atoms with Crippen molar-refractivity contribution in [3.63, 3.8) is 0 Å². The predicted molar refractivity (Wildman–Crippen MR) is 76.0 cm³/mol. The van der Waals surface area contributed by atoms with Gasteiger partial charge in [0.2, 0.25) is 5.91 Å². The van der Waals surface area contributed by atoms with Crippen LogP contribution in [0.3, 0.4) is 0 Å². The summed E-state index contributed by atoms with van der Waals surface area (Å²) in [6.45, 7) is 3.42. The Morgan fingerprint density at radius 1 is 1.16 bits per heavy atom. The highest BCUT2D eigenvalue weighted by Gasteiger charge is 2.16. The lowest BCUT2D eigenvalue weighted by molar-refractivity contribution is -0.121. The molecule has 0 unspecified atom stereocenters. The van der Waals surface area contributed by atoms with Crippen LogP contribution in [0, 0.1) is 5.92 Å². The molecule has 0 aromatic heterocycles. The van der Waals surface area contributed by atoms with Crippen LogP contribution in [0.15, 0.2) is 0 Å². The van der Waals surface area contributed by atoms with Crippen LogP contribution >= 0.6 is 0 Å². The first-order valence-corrected chi connectivity index (χ1v) is 7.93. The molecule has 0 aromatic rings. The molecule has 1 aliphatic heterocycles. The maximum Gasteiger partial charge on any atom is 0.220 e. The van der Waals surface area contributed by atoms with Crippen molar-refractivity contribution < 1.29 is 9.53 Å². The van der Waals surface area contributed by atoms with E-state index in [2.05, 4.69) is 10.6 Å². The van der Waals surface area contributed by atoms with E-state index in [4.69, 9.17) is 4.74 Å². The summed E-state index contributed by atoms with van der Waals surface area (Å²) in [5, 5.41) is 6.28. The molecular weight excluding hydrogens is 240 g/mol. The van der Waals surface area contributed by atoms with Crippen LogP contribution in [0.25, 0.3) is 0 Å². The van der Waals surface area contributed by atoms with Gasteiger partial charge in [0.1, 0.15) is 0 Å². The van der Waals surface area contributed by atoms with Crippen LogP contribution in [0.2, 0.25) is 0 Å². The number of amides is 1. The summed E-state index contributed by atoms with van der Waals surface area (Å²) >= 11 is 0. The Morgan fingerprint density at radius 2 is 1.89 bits per heavy atom. The molecule has 1 saturated carbocycles. The Balaban J connectivity index is 1.44. The van der Waals surface area contributed by atoms with Crippen LogP contribution in [0.4, 0.5) is 0 Å². The first-order valence-electron chi connectivity index (χ1n) is 7.93. The van der Waals surface area contributed by atoms with Crippen molar-refractivity contribution in [1.29, 1.82) is 0 Å². The first-order chi connectivity index (χ1) is 9.34. The molecule has 2 fully saturated rings. The zero-order valence-electron chi connectivity index (χ0n) is 12.0. The molecule has 1 amide bonds. The minimum absolute atomic E-state index is 0.195. The maximum absolute atomic E-state index is 11.7. The number of piperidine rings is 1. The maximum atomic E-state index is 11.7. The lowest BCUT2D eigenvalue weighted by atomic mass is 10.0. The standard InChI is InChI=1S/C15H28N2O2/c18-15(6-5-13-3-1-2-4-13)17-11-12-19-14-7-9-16-10-8-14/h13-14,16H,1-12H2,(H,17,18). The highest BCUT2D eigenvalue weighted by Crippen LogP contribution is 2.28. The molecule has 2 N–H and O–H groups in total. The Kier molecular flexibility index (Phi) is 6.65. The third-order valence-corrected chi connectivity index (χ3v) is 4.32. The van der Waals surface area contributed by atoms with Crippen molar-refractivity contribution in [2.75, 3.05) is 26.2 Å². The molecule has 0 radical (unpaired) electrons. The second-order valence-corrected chi connectivity index (χ2v) is 5.86. The lowest BCUT2D eigenvalue weighted by Gasteiger charge is -2.22. The Morgan fingerprint density at radius 3 is 2.63 bits per heavy atom. The Hall–Kier alpha value is -0.610. The molecule has 0 bridgehead atoms. The zero-order chi connectivity index (χ0) is 13.3. The van der Waals surface area contributed by atoms with E-state index in [0.717, 1.165) is 38.3 Å². The minimum atomic E-state index is 0.195. The summed E-state index contributed by atoms with van der Waals surface area (Å²) in [6, 6.07) is 0. The van der Waals surface area contributed by atoms with Gasteiger partial charge in [0.15, 0.2) is 0 Å². The molecule has 4 nitrogen and oxygen atoms in total. The van der Waals surface area contributed by atoms with E-state index in [1.165, 1.54) is 25.7 Å². The van der Waals surface area contributed by atoms with E-state index in [9.17, 15) is 4.79 Å². The average Bonchev–Trinajstić information content (AvgIpc) is 2.96. The van der Waals surface area contributed by atoms with Crippen LogP contribution < -0.4 is 10.6 Å². The summed E-state index contributed by atoms with van der Waals surface area (Å²) in [5.74, 6) is 0.998. The second kappa shape index (κ2) is 8.54. The first kappa shape index (κ1) is 14.8. The number of carbonyl (C=O) groups excluding carboxylic acids is 1. The third-order valence-electron chi connectivity index (χ3n) is 4.32.